The summed E-state index contributed by atoms with van der Waals surface area (Å²) in [5.41, 5.74) is -0.0973. The third-order valence-electron chi connectivity index (χ3n) is 3.62. The summed E-state index contributed by atoms with van der Waals surface area (Å²) >= 11 is 0. The number of rotatable bonds is 6. The molecule has 0 aromatic rings. The fourth-order valence-electron chi connectivity index (χ4n) is 2.69. The highest BCUT2D eigenvalue weighted by atomic mass is 16.7. The number of ether oxygens (including phenoxy) is 2. The molecule has 0 amide bonds. The molecule has 0 radical (unpaired) electrons. The van der Waals surface area contributed by atoms with Crippen LogP contribution in [0.5, 0.6) is 0 Å². The van der Waals surface area contributed by atoms with Gasteiger partial charge in [-0.15, -0.1) is 0 Å². The molecule has 5 heteroatoms. The lowest BCUT2D eigenvalue weighted by Crippen LogP contribution is -2.42. The average Bonchev–Trinajstić information content (AvgIpc) is 2.35. The van der Waals surface area contributed by atoms with Crippen LogP contribution in [0.2, 0.25) is 0 Å². The van der Waals surface area contributed by atoms with Crippen LogP contribution in [0.15, 0.2) is 11.8 Å². The summed E-state index contributed by atoms with van der Waals surface area (Å²) in [6, 6.07) is 0. The highest BCUT2D eigenvalue weighted by Gasteiger charge is 2.42. The Morgan fingerprint density at radius 1 is 1.45 bits per heavy atom. The second-order valence-electron chi connectivity index (χ2n) is 6.20. The minimum Gasteiger partial charge on any atom is -0.475 e. The molecule has 3 unspecified atom stereocenters. The molecule has 1 rings (SSSR count). The van der Waals surface area contributed by atoms with Gasteiger partial charge in [0.2, 0.25) is 12.0 Å². The topological polar surface area (TPSA) is 76.0 Å². The van der Waals surface area contributed by atoms with Crippen LogP contribution in [0.3, 0.4) is 0 Å². The van der Waals surface area contributed by atoms with Crippen molar-refractivity contribution in [1.29, 1.82) is 0 Å². The van der Waals surface area contributed by atoms with E-state index in [9.17, 15) is 9.90 Å². The largest absolute Gasteiger partial charge is 0.475 e. The van der Waals surface area contributed by atoms with Crippen LogP contribution in [-0.2, 0) is 14.3 Å². The predicted molar refractivity (Wildman–Crippen MR) is 75.0 cm³/mol. The molecule has 2 N–H and O–H groups in total. The average molecular weight is 286 g/mol. The van der Waals surface area contributed by atoms with Crippen LogP contribution in [0.25, 0.3) is 0 Å². The summed E-state index contributed by atoms with van der Waals surface area (Å²) in [5.74, 6) is -1.02. The van der Waals surface area contributed by atoms with E-state index in [4.69, 9.17) is 14.6 Å². The van der Waals surface area contributed by atoms with Crippen LogP contribution in [0.4, 0.5) is 0 Å². The molecule has 1 aliphatic rings. The Labute approximate surface area is 120 Å². The third kappa shape index (κ3) is 4.21. The number of hydrogen-bond donors (Lipinski definition) is 2. The first-order valence-corrected chi connectivity index (χ1v) is 7.15. The van der Waals surface area contributed by atoms with Gasteiger partial charge in [0.25, 0.3) is 0 Å². The van der Waals surface area contributed by atoms with E-state index in [0.29, 0.717) is 13.0 Å². The number of allylic oxidation sites excluding steroid dienone is 1. The number of aliphatic carboxylic acids is 1. The molecule has 5 nitrogen and oxygen atoms in total. The number of carboxylic acid groups (broad SMARTS) is 1. The van der Waals surface area contributed by atoms with Crippen LogP contribution in [0, 0.1) is 17.3 Å². The number of carbonyl (C=O) groups is 1. The van der Waals surface area contributed by atoms with Gasteiger partial charge in [0.1, 0.15) is 0 Å². The fraction of sp³-hybridized carbons (Fsp3) is 0.800. The normalized spacial score (nSPS) is 26.9. The quantitative estimate of drug-likeness (QED) is 0.784. The number of aliphatic hydroxyl groups is 1. The molecule has 3 atom stereocenters. The van der Waals surface area contributed by atoms with Crippen molar-refractivity contribution in [3.8, 4) is 0 Å². The Hall–Kier alpha value is -1.07. The Morgan fingerprint density at radius 3 is 2.55 bits per heavy atom. The smallest absolute Gasteiger partial charge is 0.370 e. The zero-order valence-electron chi connectivity index (χ0n) is 12.8. The summed E-state index contributed by atoms with van der Waals surface area (Å²) in [7, 11) is 0. The molecule has 0 saturated carbocycles. The van der Waals surface area contributed by atoms with E-state index in [1.54, 1.807) is 6.08 Å². The van der Waals surface area contributed by atoms with E-state index in [-0.39, 0.29) is 29.6 Å². The van der Waals surface area contributed by atoms with Gasteiger partial charge in [-0.05, 0) is 37.2 Å². The zero-order valence-corrected chi connectivity index (χ0v) is 12.8. The van der Waals surface area contributed by atoms with Crippen LogP contribution >= 0.6 is 0 Å². The van der Waals surface area contributed by atoms with E-state index in [1.807, 2.05) is 6.92 Å². The molecular formula is C15H26O5. The van der Waals surface area contributed by atoms with Crippen LogP contribution in [0.1, 0.15) is 40.5 Å². The van der Waals surface area contributed by atoms with Crippen molar-refractivity contribution >= 4 is 5.97 Å². The molecule has 116 valence electrons. The van der Waals surface area contributed by atoms with Crippen LogP contribution < -0.4 is 0 Å². The van der Waals surface area contributed by atoms with E-state index in [1.165, 1.54) is 0 Å². The molecule has 1 heterocycles. The van der Waals surface area contributed by atoms with E-state index < -0.39 is 12.3 Å². The van der Waals surface area contributed by atoms with E-state index in [2.05, 4.69) is 20.8 Å². The van der Waals surface area contributed by atoms with Gasteiger partial charge >= 0.3 is 5.97 Å². The molecule has 0 fully saturated rings. The van der Waals surface area contributed by atoms with Crippen molar-refractivity contribution in [3.05, 3.63) is 11.8 Å². The Bertz CT molecular complexity index is 356. The summed E-state index contributed by atoms with van der Waals surface area (Å²) < 4.78 is 11.1. The summed E-state index contributed by atoms with van der Waals surface area (Å²) in [4.78, 5) is 11.2. The van der Waals surface area contributed by atoms with Gasteiger partial charge in [-0.3, -0.25) is 0 Å². The monoisotopic (exact) mass is 286 g/mol. The predicted octanol–water partition coefficient (Wildman–Crippen LogP) is 2.40. The van der Waals surface area contributed by atoms with Gasteiger partial charge < -0.3 is 19.7 Å². The summed E-state index contributed by atoms with van der Waals surface area (Å²) in [6.07, 6.45) is 2.53. The van der Waals surface area contributed by atoms with Crippen LogP contribution in [-0.4, -0.2) is 35.7 Å². The van der Waals surface area contributed by atoms with E-state index in [0.717, 1.165) is 6.42 Å². The molecule has 0 spiro atoms. The first-order valence-electron chi connectivity index (χ1n) is 7.15. The lowest BCUT2D eigenvalue weighted by molar-refractivity contribution is -0.184. The summed E-state index contributed by atoms with van der Waals surface area (Å²) in [5, 5.41) is 18.2. The van der Waals surface area contributed by atoms with Gasteiger partial charge in [0.15, 0.2) is 0 Å². The first-order chi connectivity index (χ1) is 9.31. The van der Waals surface area contributed by atoms with Crippen molar-refractivity contribution in [3.63, 3.8) is 0 Å². The van der Waals surface area contributed by atoms with Crippen molar-refractivity contribution in [2.75, 3.05) is 13.2 Å². The van der Waals surface area contributed by atoms with Gasteiger partial charge in [0, 0.05) is 19.1 Å². The lowest BCUT2D eigenvalue weighted by Gasteiger charge is -2.42. The number of hydrogen-bond acceptors (Lipinski definition) is 4. The van der Waals surface area contributed by atoms with Gasteiger partial charge in [-0.1, -0.05) is 20.8 Å². The highest BCUT2D eigenvalue weighted by Crippen LogP contribution is 2.42. The number of aliphatic hydroxyl groups excluding tert-OH is 1. The Kier molecular flexibility index (Phi) is 6.02. The summed E-state index contributed by atoms with van der Waals surface area (Å²) in [6.45, 7) is 8.67. The molecule has 0 saturated heterocycles. The Balaban J connectivity index is 3.07. The van der Waals surface area contributed by atoms with Gasteiger partial charge in [-0.2, -0.15) is 0 Å². The SMILES string of the molecule is CCOC1OC(C(=O)O)=CC(C(C)(C)C)C1CCCO. The second kappa shape index (κ2) is 7.09. The lowest BCUT2D eigenvalue weighted by atomic mass is 9.70. The van der Waals surface area contributed by atoms with Crippen molar-refractivity contribution in [2.45, 2.75) is 46.8 Å². The van der Waals surface area contributed by atoms with E-state index >= 15 is 0 Å². The molecule has 20 heavy (non-hydrogen) atoms. The van der Waals surface area contributed by atoms with Crippen molar-refractivity contribution < 1.29 is 24.5 Å². The molecular weight excluding hydrogens is 260 g/mol. The molecule has 1 aliphatic heterocycles. The maximum Gasteiger partial charge on any atom is 0.370 e. The highest BCUT2D eigenvalue weighted by molar-refractivity contribution is 5.84. The maximum absolute atomic E-state index is 11.2. The minimum absolute atomic E-state index is 0.0328. The second-order valence-corrected chi connectivity index (χ2v) is 6.20. The zero-order chi connectivity index (χ0) is 15.3. The fourth-order valence-corrected chi connectivity index (χ4v) is 2.69. The first kappa shape index (κ1) is 17.0. The molecule has 0 aliphatic carbocycles. The Morgan fingerprint density at radius 2 is 2.10 bits per heavy atom. The number of carboxylic acids is 1. The molecule has 0 bridgehead atoms. The molecule has 0 aromatic heterocycles. The third-order valence-corrected chi connectivity index (χ3v) is 3.62. The van der Waals surface area contributed by atoms with Crippen molar-refractivity contribution in [1.82, 2.24) is 0 Å². The van der Waals surface area contributed by atoms with Crippen molar-refractivity contribution in [2.24, 2.45) is 17.3 Å². The maximum atomic E-state index is 11.2. The van der Waals surface area contributed by atoms with Gasteiger partial charge in [-0.25, -0.2) is 4.79 Å². The molecule has 0 aromatic carbocycles. The minimum atomic E-state index is -1.07. The van der Waals surface area contributed by atoms with Gasteiger partial charge in [0.05, 0.1) is 0 Å². The standard InChI is InChI=1S/C15H26O5/c1-5-19-14-10(7-6-8-16)11(15(2,3)4)9-12(20-14)13(17)18/h9-11,14,16H,5-8H2,1-4H3,(H,17,18).